The fraction of sp³-hybridized carbons (Fsp3) is 0.222. The Morgan fingerprint density at radius 3 is 2.17 bits per heavy atom. The van der Waals surface area contributed by atoms with E-state index in [1.807, 2.05) is 36.4 Å². The monoisotopic (exact) mass is 330 g/mol. The van der Waals surface area contributed by atoms with Crippen LogP contribution in [-0.4, -0.2) is 24.2 Å². The van der Waals surface area contributed by atoms with E-state index >= 15 is 0 Å². The number of carbonyl (C=O) groups is 2. The minimum Gasteiger partial charge on any atom is -0.355 e. The fourth-order valence-corrected chi connectivity index (χ4v) is 2.31. The second-order valence-electron chi connectivity index (χ2n) is 5.05. The molecule has 2 rings (SSSR count). The number of hydrogen-bond acceptors (Lipinski definition) is 2. The molecule has 0 radical (unpaired) electrons. The third-order valence-corrected chi connectivity index (χ3v) is 3.54. The highest BCUT2D eigenvalue weighted by Gasteiger charge is 2.18. The molecule has 2 aromatic carbocycles. The maximum Gasteiger partial charge on any atom is 0.251 e. The van der Waals surface area contributed by atoms with Gasteiger partial charge in [0.05, 0.1) is 12.5 Å². The molecular formula is C18H19ClN2O2. The predicted octanol–water partition coefficient (Wildman–Crippen LogP) is 2.90. The molecule has 1 atom stereocenters. The quantitative estimate of drug-likeness (QED) is 0.767. The molecule has 0 saturated carbocycles. The summed E-state index contributed by atoms with van der Waals surface area (Å²) in [6.07, 6.45) is 0.166. The van der Waals surface area contributed by atoms with Crippen molar-refractivity contribution in [3.8, 4) is 0 Å². The summed E-state index contributed by atoms with van der Waals surface area (Å²) in [6, 6.07) is 18.0. The van der Waals surface area contributed by atoms with Crippen molar-refractivity contribution in [2.75, 3.05) is 12.4 Å². The number of nitrogens with one attached hydrogen (secondary N) is 2. The van der Waals surface area contributed by atoms with Crippen molar-refractivity contribution in [3.63, 3.8) is 0 Å². The first-order chi connectivity index (χ1) is 11.2. The molecule has 0 aliphatic rings. The van der Waals surface area contributed by atoms with E-state index in [1.54, 1.807) is 24.3 Å². The van der Waals surface area contributed by atoms with Crippen molar-refractivity contribution in [1.82, 2.24) is 10.6 Å². The van der Waals surface area contributed by atoms with Crippen molar-refractivity contribution in [1.29, 1.82) is 0 Å². The minimum atomic E-state index is -0.390. The predicted molar refractivity (Wildman–Crippen MR) is 91.4 cm³/mol. The van der Waals surface area contributed by atoms with Crippen LogP contribution in [0.4, 0.5) is 0 Å². The Morgan fingerprint density at radius 2 is 1.57 bits per heavy atom. The summed E-state index contributed by atoms with van der Waals surface area (Å²) in [4.78, 5) is 24.3. The van der Waals surface area contributed by atoms with E-state index in [2.05, 4.69) is 10.6 Å². The topological polar surface area (TPSA) is 58.2 Å². The van der Waals surface area contributed by atoms with E-state index in [1.165, 1.54) is 0 Å². The van der Waals surface area contributed by atoms with Crippen molar-refractivity contribution in [2.24, 2.45) is 0 Å². The highest BCUT2D eigenvalue weighted by atomic mass is 35.5. The van der Waals surface area contributed by atoms with Crippen LogP contribution in [0.5, 0.6) is 0 Å². The molecule has 2 amide bonds. The molecule has 0 spiro atoms. The van der Waals surface area contributed by atoms with E-state index in [0.29, 0.717) is 18.0 Å². The van der Waals surface area contributed by atoms with Gasteiger partial charge in [-0.15, -0.1) is 11.6 Å². The first-order valence-electron chi connectivity index (χ1n) is 7.44. The van der Waals surface area contributed by atoms with Gasteiger partial charge in [-0.1, -0.05) is 48.5 Å². The van der Waals surface area contributed by atoms with Crippen LogP contribution >= 0.6 is 11.6 Å². The molecule has 120 valence electrons. The zero-order valence-corrected chi connectivity index (χ0v) is 13.4. The SMILES string of the molecule is O=C(C[C@@H](NC(=O)c1ccccc1)c1ccccc1)NCCCl. The smallest absolute Gasteiger partial charge is 0.251 e. The number of alkyl halides is 1. The Labute approximate surface area is 140 Å². The van der Waals surface area contributed by atoms with Crippen LogP contribution in [0, 0.1) is 0 Å². The van der Waals surface area contributed by atoms with Gasteiger partial charge in [0.1, 0.15) is 0 Å². The van der Waals surface area contributed by atoms with E-state index in [9.17, 15) is 9.59 Å². The lowest BCUT2D eigenvalue weighted by molar-refractivity contribution is -0.121. The van der Waals surface area contributed by atoms with Gasteiger partial charge in [-0.05, 0) is 17.7 Å². The summed E-state index contributed by atoms with van der Waals surface area (Å²) in [5.74, 6) is 0.00967. The number of amides is 2. The normalized spacial score (nSPS) is 11.5. The maximum absolute atomic E-state index is 12.4. The average Bonchev–Trinajstić information content (AvgIpc) is 2.61. The lowest BCUT2D eigenvalue weighted by Crippen LogP contribution is -2.34. The number of rotatable bonds is 7. The molecule has 23 heavy (non-hydrogen) atoms. The zero-order valence-electron chi connectivity index (χ0n) is 12.7. The molecule has 0 saturated heterocycles. The third kappa shape index (κ3) is 5.42. The number of hydrogen-bond donors (Lipinski definition) is 2. The minimum absolute atomic E-state index is 0.145. The summed E-state index contributed by atoms with van der Waals surface area (Å²) >= 11 is 5.58. The number of benzene rings is 2. The van der Waals surface area contributed by atoms with Gasteiger partial charge in [0.25, 0.3) is 5.91 Å². The molecule has 0 aliphatic heterocycles. The molecule has 0 bridgehead atoms. The average molecular weight is 331 g/mol. The molecule has 0 aliphatic carbocycles. The Kier molecular flexibility index (Phi) is 6.63. The van der Waals surface area contributed by atoms with Crippen LogP contribution < -0.4 is 10.6 Å². The second-order valence-corrected chi connectivity index (χ2v) is 5.42. The van der Waals surface area contributed by atoms with Gasteiger partial charge in [-0.25, -0.2) is 0 Å². The molecule has 5 heteroatoms. The van der Waals surface area contributed by atoms with Crippen molar-refractivity contribution < 1.29 is 9.59 Å². The number of halogens is 1. The summed E-state index contributed by atoms with van der Waals surface area (Å²) in [6.45, 7) is 0.411. The molecule has 0 aromatic heterocycles. The van der Waals surface area contributed by atoms with Crippen LogP contribution in [-0.2, 0) is 4.79 Å². The van der Waals surface area contributed by atoms with Gasteiger partial charge in [-0.2, -0.15) is 0 Å². The highest BCUT2D eigenvalue weighted by molar-refractivity contribution is 6.18. The van der Waals surface area contributed by atoms with Crippen LogP contribution in [0.1, 0.15) is 28.4 Å². The van der Waals surface area contributed by atoms with Crippen LogP contribution in [0.15, 0.2) is 60.7 Å². The van der Waals surface area contributed by atoms with E-state index in [-0.39, 0.29) is 24.3 Å². The standard InChI is InChI=1S/C18H19ClN2O2/c19-11-12-20-17(22)13-16(14-7-3-1-4-8-14)21-18(23)15-9-5-2-6-10-15/h1-10,16H,11-13H2,(H,20,22)(H,21,23)/t16-/m1/s1. The van der Waals surface area contributed by atoms with Crippen LogP contribution in [0.2, 0.25) is 0 Å². The lowest BCUT2D eigenvalue weighted by Gasteiger charge is -2.19. The zero-order chi connectivity index (χ0) is 16.5. The van der Waals surface area contributed by atoms with E-state index in [4.69, 9.17) is 11.6 Å². The summed E-state index contributed by atoms with van der Waals surface area (Å²) in [5, 5.41) is 5.65. The van der Waals surface area contributed by atoms with E-state index < -0.39 is 0 Å². The van der Waals surface area contributed by atoms with Gasteiger partial charge < -0.3 is 10.6 Å². The number of carbonyl (C=O) groups excluding carboxylic acids is 2. The molecule has 2 aromatic rings. The molecule has 0 unspecified atom stereocenters. The Bertz CT molecular complexity index is 632. The largest absolute Gasteiger partial charge is 0.355 e. The van der Waals surface area contributed by atoms with Crippen molar-refractivity contribution in [2.45, 2.75) is 12.5 Å². The summed E-state index contributed by atoms with van der Waals surface area (Å²) in [7, 11) is 0. The van der Waals surface area contributed by atoms with Crippen molar-refractivity contribution in [3.05, 3.63) is 71.8 Å². The van der Waals surface area contributed by atoms with Crippen LogP contribution in [0.3, 0.4) is 0 Å². The molecule has 0 heterocycles. The molecule has 4 nitrogen and oxygen atoms in total. The fourth-order valence-electron chi connectivity index (χ4n) is 2.21. The highest BCUT2D eigenvalue weighted by Crippen LogP contribution is 2.17. The summed E-state index contributed by atoms with van der Waals surface area (Å²) in [5.41, 5.74) is 1.45. The first kappa shape index (κ1) is 17.0. The maximum atomic E-state index is 12.4. The van der Waals surface area contributed by atoms with Gasteiger partial charge in [-0.3, -0.25) is 9.59 Å². The first-order valence-corrected chi connectivity index (χ1v) is 7.97. The van der Waals surface area contributed by atoms with Gasteiger partial charge in [0, 0.05) is 18.0 Å². The summed E-state index contributed by atoms with van der Waals surface area (Å²) < 4.78 is 0. The van der Waals surface area contributed by atoms with Crippen LogP contribution in [0.25, 0.3) is 0 Å². The Balaban J connectivity index is 2.10. The third-order valence-electron chi connectivity index (χ3n) is 3.35. The molecule has 0 fully saturated rings. The Hall–Kier alpha value is -2.33. The van der Waals surface area contributed by atoms with Gasteiger partial charge >= 0.3 is 0 Å². The molecular weight excluding hydrogens is 312 g/mol. The lowest BCUT2D eigenvalue weighted by atomic mass is 10.0. The Morgan fingerprint density at radius 1 is 0.957 bits per heavy atom. The van der Waals surface area contributed by atoms with Gasteiger partial charge in [0.15, 0.2) is 0 Å². The van der Waals surface area contributed by atoms with Gasteiger partial charge in [0.2, 0.25) is 5.91 Å². The van der Waals surface area contributed by atoms with E-state index in [0.717, 1.165) is 5.56 Å². The molecule has 2 N–H and O–H groups in total. The second kappa shape index (κ2) is 8.96. The van der Waals surface area contributed by atoms with Crippen molar-refractivity contribution >= 4 is 23.4 Å².